The zero-order valence-electron chi connectivity index (χ0n) is 13.1. The van der Waals surface area contributed by atoms with Gasteiger partial charge < -0.3 is 5.32 Å². The van der Waals surface area contributed by atoms with Crippen molar-refractivity contribution in [2.45, 2.75) is 13.1 Å². The molecule has 1 amide bonds. The van der Waals surface area contributed by atoms with Crippen LogP contribution in [0.25, 0.3) is 11.8 Å². The Kier molecular flexibility index (Phi) is 5.18. The van der Waals surface area contributed by atoms with Gasteiger partial charge in [0, 0.05) is 12.6 Å². The lowest BCUT2D eigenvalue weighted by Crippen LogP contribution is -2.19. The first-order chi connectivity index (χ1) is 11.7. The number of hydrogen-bond donors (Lipinski definition) is 1. The molecule has 130 valence electrons. The van der Waals surface area contributed by atoms with Crippen molar-refractivity contribution >= 4 is 23.6 Å². The second-order valence-corrected chi connectivity index (χ2v) is 5.36. The van der Waals surface area contributed by atoms with Crippen molar-refractivity contribution < 1.29 is 18.0 Å². The van der Waals surface area contributed by atoms with Gasteiger partial charge in [-0.3, -0.25) is 4.79 Å². The van der Waals surface area contributed by atoms with E-state index >= 15 is 0 Å². The van der Waals surface area contributed by atoms with E-state index in [0.717, 1.165) is 16.8 Å². The molecule has 0 atom stereocenters. The molecule has 2 aromatic rings. The summed E-state index contributed by atoms with van der Waals surface area (Å²) in [5.41, 5.74) is -0.287. The summed E-state index contributed by atoms with van der Waals surface area (Å²) in [7, 11) is 1.37. The highest BCUT2D eigenvalue weighted by molar-refractivity contribution is 6.31. The topological polar surface area (TPSA) is 70.7 Å². The van der Waals surface area contributed by atoms with Crippen LogP contribution in [0.4, 0.5) is 13.2 Å². The van der Waals surface area contributed by atoms with Crippen molar-refractivity contribution in [2.24, 2.45) is 0 Å². The minimum atomic E-state index is -4.50. The van der Waals surface area contributed by atoms with Gasteiger partial charge in [-0.25, -0.2) is 4.68 Å². The molecule has 25 heavy (non-hydrogen) atoms. The Balaban J connectivity index is 2.56. The molecule has 1 N–H and O–H groups in total. The summed E-state index contributed by atoms with van der Waals surface area (Å²) in [5, 5.41) is 15.5. The number of amides is 1. The molecule has 5 nitrogen and oxygen atoms in total. The molecule has 1 aromatic carbocycles. The molecule has 0 bridgehead atoms. The summed E-state index contributed by atoms with van der Waals surface area (Å²) in [6, 6.07) is 6.25. The fraction of sp³-hybridized carbons (Fsp3) is 0.188. The van der Waals surface area contributed by atoms with Gasteiger partial charge in [0.05, 0.1) is 16.9 Å². The van der Waals surface area contributed by atoms with Crippen LogP contribution in [0.15, 0.2) is 29.8 Å². The Hall–Kier alpha value is -2.79. The molecule has 0 aliphatic heterocycles. The Morgan fingerprint density at radius 2 is 2.12 bits per heavy atom. The van der Waals surface area contributed by atoms with E-state index in [1.165, 1.54) is 25.3 Å². The van der Waals surface area contributed by atoms with Gasteiger partial charge in [0.1, 0.15) is 16.8 Å². The van der Waals surface area contributed by atoms with Crippen LogP contribution in [0, 0.1) is 18.3 Å². The second kappa shape index (κ2) is 6.99. The van der Waals surface area contributed by atoms with E-state index in [1.54, 1.807) is 13.0 Å². The maximum absolute atomic E-state index is 12.9. The summed E-state index contributed by atoms with van der Waals surface area (Å²) in [6.45, 7) is 1.57. The van der Waals surface area contributed by atoms with E-state index in [2.05, 4.69) is 10.4 Å². The van der Waals surface area contributed by atoms with Crippen molar-refractivity contribution in [1.82, 2.24) is 15.1 Å². The summed E-state index contributed by atoms with van der Waals surface area (Å²) in [4.78, 5) is 11.6. The highest BCUT2D eigenvalue weighted by Crippen LogP contribution is 2.32. The van der Waals surface area contributed by atoms with Crippen LogP contribution in [-0.2, 0) is 11.0 Å². The van der Waals surface area contributed by atoms with Gasteiger partial charge in [-0.15, -0.1) is 0 Å². The third-order valence-electron chi connectivity index (χ3n) is 3.35. The maximum atomic E-state index is 12.9. The first kappa shape index (κ1) is 18.5. The van der Waals surface area contributed by atoms with Gasteiger partial charge in [0.25, 0.3) is 5.91 Å². The van der Waals surface area contributed by atoms with Gasteiger partial charge in [-0.1, -0.05) is 17.7 Å². The van der Waals surface area contributed by atoms with E-state index in [0.29, 0.717) is 5.69 Å². The molecule has 0 saturated heterocycles. The van der Waals surface area contributed by atoms with Crippen LogP contribution in [-0.4, -0.2) is 22.7 Å². The third kappa shape index (κ3) is 3.83. The summed E-state index contributed by atoms with van der Waals surface area (Å²) in [6.07, 6.45) is -3.26. The molecular weight excluding hydrogens is 357 g/mol. The smallest absolute Gasteiger partial charge is 0.354 e. The number of likely N-dealkylation sites (N-methyl/N-ethyl adjacent to an activating group) is 1. The van der Waals surface area contributed by atoms with E-state index in [-0.39, 0.29) is 22.0 Å². The van der Waals surface area contributed by atoms with E-state index in [9.17, 15) is 18.0 Å². The fourth-order valence-electron chi connectivity index (χ4n) is 2.09. The number of benzene rings is 1. The van der Waals surface area contributed by atoms with Crippen LogP contribution in [0.5, 0.6) is 0 Å². The molecule has 0 unspecified atom stereocenters. The van der Waals surface area contributed by atoms with Gasteiger partial charge in [0.2, 0.25) is 0 Å². The number of rotatable bonds is 3. The van der Waals surface area contributed by atoms with Crippen molar-refractivity contribution in [3.8, 4) is 11.8 Å². The zero-order valence-corrected chi connectivity index (χ0v) is 13.9. The first-order valence-corrected chi connectivity index (χ1v) is 7.33. The van der Waals surface area contributed by atoms with E-state index < -0.39 is 17.6 Å². The van der Waals surface area contributed by atoms with Crippen molar-refractivity contribution in [3.63, 3.8) is 0 Å². The molecule has 0 radical (unpaired) electrons. The normalized spacial score (nSPS) is 12.0. The molecule has 1 heterocycles. The quantitative estimate of drug-likeness (QED) is 0.665. The molecule has 2 rings (SSSR count). The van der Waals surface area contributed by atoms with E-state index in [1.807, 2.05) is 0 Å². The number of halogens is 4. The number of nitriles is 1. The highest BCUT2D eigenvalue weighted by Gasteiger charge is 2.30. The van der Waals surface area contributed by atoms with Crippen molar-refractivity contribution in [1.29, 1.82) is 5.26 Å². The molecule has 0 aliphatic rings. The van der Waals surface area contributed by atoms with Gasteiger partial charge in [-0.05, 0) is 31.2 Å². The molecule has 1 aromatic heterocycles. The SMILES string of the molecule is CNC(=O)/C(C#N)=C/c1c(C)nn(-c2cccc(C(F)(F)F)c2)c1Cl. The third-order valence-corrected chi connectivity index (χ3v) is 3.71. The Morgan fingerprint density at radius 1 is 1.44 bits per heavy atom. The Morgan fingerprint density at radius 3 is 2.68 bits per heavy atom. The minimum Gasteiger partial charge on any atom is -0.354 e. The number of aromatic nitrogens is 2. The standard InChI is InChI=1S/C16H12ClF3N4O/c1-9-13(6-10(8-21)15(25)22-2)14(17)24(23-9)12-5-3-4-11(7-12)16(18,19)20/h3-7H,1-2H3,(H,22,25)/b10-6+. The van der Waals surface area contributed by atoms with Crippen molar-refractivity contribution in [3.05, 3.63) is 51.8 Å². The lowest BCUT2D eigenvalue weighted by atomic mass is 10.1. The number of carbonyl (C=O) groups is 1. The van der Waals surface area contributed by atoms with Crippen LogP contribution in [0.3, 0.4) is 0 Å². The second-order valence-electron chi connectivity index (χ2n) is 5.00. The van der Waals surface area contributed by atoms with Gasteiger partial charge >= 0.3 is 6.18 Å². The maximum Gasteiger partial charge on any atom is 0.416 e. The predicted molar refractivity (Wildman–Crippen MR) is 86.0 cm³/mol. The summed E-state index contributed by atoms with van der Waals surface area (Å²) in [5.74, 6) is -0.607. The molecule has 0 saturated carbocycles. The zero-order chi connectivity index (χ0) is 18.8. The summed E-state index contributed by atoms with van der Waals surface area (Å²) < 4.78 is 39.7. The molecule has 0 fully saturated rings. The van der Waals surface area contributed by atoms with Crippen LogP contribution in [0.2, 0.25) is 5.15 Å². The predicted octanol–water partition coefficient (Wildman–Crippen LogP) is 3.51. The number of aryl methyl sites for hydroxylation is 1. The van der Waals surface area contributed by atoms with Crippen LogP contribution in [0.1, 0.15) is 16.8 Å². The molecule has 0 aliphatic carbocycles. The summed E-state index contributed by atoms with van der Waals surface area (Å²) >= 11 is 6.21. The number of nitrogens with zero attached hydrogens (tertiary/aromatic N) is 3. The van der Waals surface area contributed by atoms with Gasteiger partial charge in [0.15, 0.2) is 0 Å². The van der Waals surface area contributed by atoms with Crippen LogP contribution >= 0.6 is 11.6 Å². The Labute approximate surface area is 146 Å². The van der Waals surface area contributed by atoms with Crippen molar-refractivity contribution in [2.75, 3.05) is 7.05 Å². The van der Waals surface area contributed by atoms with E-state index in [4.69, 9.17) is 16.9 Å². The molecular formula is C16H12ClF3N4O. The minimum absolute atomic E-state index is 0.00604. The number of hydrogen-bond acceptors (Lipinski definition) is 3. The van der Waals surface area contributed by atoms with Crippen LogP contribution < -0.4 is 5.32 Å². The number of carbonyl (C=O) groups excluding carboxylic acids is 1. The average Bonchev–Trinajstić information content (AvgIpc) is 2.86. The average molecular weight is 369 g/mol. The Bertz CT molecular complexity index is 894. The molecule has 9 heteroatoms. The lowest BCUT2D eigenvalue weighted by Gasteiger charge is -2.09. The van der Waals surface area contributed by atoms with Gasteiger partial charge in [-0.2, -0.15) is 23.5 Å². The molecule has 0 spiro atoms. The lowest BCUT2D eigenvalue weighted by molar-refractivity contribution is -0.137. The number of nitrogens with one attached hydrogen (secondary N) is 1. The highest BCUT2D eigenvalue weighted by atomic mass is 35.5. The fourth-order valence-corrected chi connectivity index (χ4v) is 2.41. The monoisotopic (exact) mass is 368 g/mol. The number of alkyl halides is 3. The first-order valence-electron chi connectivity index (χ1n) is 6.95. The largest absolute Gasteiger partial charge is 0.416 e.